The summed E-state index contributed by atoms with van der Waals surface area (Å²) >= 11 is 15.0. The van der Waals surface area contributed by atoms with Crippen LogP contribution in [0.4, 0.5) is 11.5 Å². The molecule has 0 aliphatic carbocycles. The molecule has 0 saturated heterocycles. The standard InChI is InChI=1S/C12H7BrCl2N2O2/c13-8-2-1-7(5-9(8)14)16-11-4-6(12(18)19)3-10(15)17-11/h1-5H,(H,16,17)(H,18,19). The second-order valence-electron chi connectivity index (χ2n) is 3.62. The number of aromatic nitrogens is 1. The maximum Gasteiger partial charge on any atom is 0.335 e. The van der Waals surface area contributed by atoms with Crippen LogP contribution < -0.4 is 5.32 Å². The topological polar surface area (TPSA) is 62.2 Å². The molecule has 0 aliphatic rings. The van der Waals surface area contributed by atoms with Crippen molar-refractivity contribution in [3.05, 3.63) is 50.5 Å². The third-order valence-corrected chi connectivity index (χ3v) is 3.66. The van der Waals surface area contributed by atoms with E-state index >= 15 is 0 Å². The molecular weight excluding hydrogens is 355 g/mol. The first-order valence-electron chi connectivity index (χ1n) is 5.08. The summed E-state index contributed by atoms with van der Waals surface area (Å²) in [7, 11) is 0. The van der Waals surface area contributed by atoms with Gasteiger partial charge in [-0.1, -0.05) is 23.2 Å². The van der Waals surface area contributed by atoms with Crippen molar-refractivity contribution in [2.75, 3.05) is 5.32 Å². The monoisotopic (exact) mass is 360 g/mol. The molecule has 4 nitrogen and oxygen atoms in total. The molecule has 0 spiro atoms. The zero-order valence-corrected chi connectivity index (χ0v) is 12.4. The van der Waals surface area contributed by atoms with Crippen LogP contribution in [0.1, 0.15) is 10.4 Å². The Hall–Kier alpha value is -1.30. The van der Waals surface area contributed by atoms with Gasteiger partial charge in [-0.25, -0.2) is 9.78 Å². The van der Waals surface area contributed by atoms with Crippen molar-refractivity contribution < 1.29 is 9.90 Å². The molecule has 0 aliphatic heterocycles. The molecule has 2 rings (SSSR count). The van der Waals surface area contributed by atoms with Crippen LogP contribution in [0.15, 0.2) is 34.8 Å². The SMILES string of the molecule is O=C(O)c1cc(Cl)nc(Nc2ccc(Br)c(Cl)c2)c1. The molecule has 0 saturated carbocycles. The minimum absolute atomic E-state index is 0.0608. The van der Waals surface area contributed by atoms with Crippen molar-refractivity contribution in [1.29, 1.82) is 0 Å². The first kappa shape index (κ1) is 14.1. The van der Waals surface area contributed by atoms with E-state index in [9.17, 15) is 4.79 Å². The highest BCUT2D eigenvalue weighted by Gasteiger charge is 2.08. The number of carboxylic acid groups (broad SMARTS) is 1. The van der Waals surface area contributed by atoms with Gasteiger partial charge in [-0.15, -0.1) is 0 Å². The third kappa shape index (κ3) is 3.59. The van der Waals surface area contributed by atoms with Crippen LogP contribution in [0.3, 0.4) is 0 Å². The number of halogens is 3. The van der Waals surface area contributed by atoms with Gasteiger partial charge in [0.1, 0.15) is 11.0 Å². The van der Waals surface area contributed by atoms with Crippen molar-refractivity contribution in [2.24, 2.45) is 0 Å². The Morgan fingerprint density at radius 1 is 1.26 bits per heavy atom. The maximum absolute atomic E-state index is 10.9. The number of hydrogen-bond donors (Lipinski definition) is 2. The number of benzene rings is 1. The van der Waals surface area contributed by atoms with E-state index in [4.69, 9.17) is 28.3 Å². The van der Waals surface area contributed by atoms with E-state index in [1.165, 1.54) is 12.1 Å². The van der Waals surface area contributed by atoms with Crippen LogP contribution >= 0.6 is 39.1 Å². The Balaban J connectivity index is 2.32. The Labute approximate surface area is 127 Å². The van der Waals surface area contributed by atoms with Crippen LogP contribution in [-0.4, -0.2) is 16.1 Å². The van der Waals surface area contributed by atoms with E-state index in [-0.39, 0.29) is 10.7 Å². The number of carboxylic acids is 1. The number of hydrogen-bond acceptors (Lipinski definition) is 3. The zero-order valence-electron chi connectivity index (χ0n) is 9.32. The van der Waals surface area contributed by atoms with Gasteiger partial charge in [0, 0.05) is 10.2 Å². The molecule has 19 heavy (non-hydrogen) atoms. The third-order valence-electron chi connectivity index (χ3n) is 2.23. The molecule has 7 heteroatoms. The lowest BCUT2D eigenvalue weighted by molar-refractivity contribution is 0.0697. The van der Waals surface area contributed by atoms with Gasteiger partial charge in [-0.2, -0.15) is 0 Å². The quantitative estimate of drug-likeness (QED) is 0.784. The van der Waals surface area contributed by atoms with E-state index in [2.05, 4.69) is 26.2 Å². The number of nitrogens with zero attached hydrogens (tertiary/aromatic N) is 1. The minimum atomic E-state index is -1.07. The second-order valence-corrected chi connectivity index (χ2v) is 5.27. The van der Waals surface area contributed by atoms with Crippen molar-refractivity contribution in [3.8, 4) is 0 Å². The van der Waals surface area contributed by atoms with Crippen LogP contribution in [0.5, 0.6) is 0 Å². The summed E-state index contributed by atoms with van der Waals surface area (Å²) in [4.78, 5) is 14.9. The maximum atomic E-state index is 10.9. The highest BCUT2D eigenvalue weighted by atomic mass is 79.9. The fourth-order valence-electron chi connectivity index (χ4n) is 1.41. The van der Waals surface area contributed by atoms with Crippen LogP contribution in [0.2, 0.25) is 10.2 Å². The first-order valence-corrected chi connectivity index (χ1v) is 6.63. The lowest BCUT2D eigenvalue weighted by atomic mass is 10.2. The lowest BCUT2D eigenvalue weighted by Gasteiger charge is -2.08. The van der Waals surface area contributed by atoms with Crippen molar-refractivity contribution in [1.82, 2.24) is 4.98 Å². The Bertz CT molecular complexity index is 650. The summed E-state index contributed by atoms with van der Waals surface area (Å²) < 4.78 is 0.769. The van der Waals surface area contributed by atoms with E-state index < -0.39 is 5.97 Å². The molecule has 0 unspecified atom stereocenters. The second kappa shape index (κ2) is 5.77. The molecule has 1 heterocycles. The average Bonchev–Trinajstić information content (AvgIpc) is 2.33. The molecule has 2 aromatic rings. The van der Waals surface area contributed by atoms with Gasteiger partial charge in [0.25, 0.3) is 0 Å². The van der Waals surface area contributed by atoms with Gasteiger partial charge in [0.05, 0.1) is 10.6 Å². The van der Waals surface area contributed by atoms with Crippen molar-refractivity contribution in [2.45, 2.75) is 0 Å². The largest absolute Gasteiger partial charge is 0.478 e. The number of rotatable bonds is 3. The molecule has 98 valence electrons. The molecule has 0 radical (unpaired) electrons. The number of pyridine rings is 1. The predicted octanol–water partition coefficient (Wildman–Crippen LogP) is 4.59. The molecule has 2 N–H and O–H groups in total. The van der Waals surface area contributed by atoms with E-state index in [0.29, 0.717) is 16.5 Å². The molecule has 0 amide bonds. The lowest BCUT2D eigenvalue weighted by Crippen LogP contribution is -2.00. The highest BCUT2D eigenvalue weighted by Crippen LogP contribution is 2.27. The van der Waals surface area contributed by atoms with Gasteiger partial charge in [-0.05, 0) is 46.3 Å². The van der Waals surface area contributed by atoms with Crippen molar-refractivity contribution >= 4 is 56.6 Å². The van der Waals surface area contributed by atoms with Crippen LogP contribution in [-0.2, 0) is 0 Å². The molecule has 0 atom stereocenters. The van der Waals surface area contributed by atoms with Crippen molar-refractivity contribution in [3.63, 3.8) is 0 Å². The summed E-state index contributed by atoms with van der Waals surface area (Å²) in [6, 6.07) is 7.91. The Kier molecular flexibility index (Phi) is 4.29. The molecule has 1 aromatic carbocycles. The summed E-state index contributed by atoms with van der Waals surface area (Å²) in [6.07, 6.45) is 0. The summed E-state index contributed by atoms with van der Waals surface area (Å²) in [5.41, 5.74) is 0.741. The number of anilines is 2. The van der Waals surface area contributed by atoms with E-state index in [1.807, 2.05) is 0 Å². The smallest absolute Gasteiger partial charge is 0.335 e. The van der Waals surface area contributed by atoms with Gasteiger partial charge in [0.2, 0.25) is 0 Å². The van der Waals surface area contributed by atoms with Gasteiger partial charge in [0.15, 0.2) is 0 Å². The van der Waals surface area contributed by atoms with Crippen LogP contribution in [0.25, 0.3) is 0 Å². The minimum Gasteiger partial charge on any atom is -0.478 e. The summed E-state index contributed by atoms with van der Waals surface area (Å²) in [5.74, 6) is -0.732. The first-order chi connectivity index (χ1) is 8.95. The molecular formula is C12H7BrCl2N2O2. The Morgan fingerprint density at radius 3 is 2.63 bits per heavy atom. The zero-order chi connectivity index (χ0) is 14.0. The Morgan fingerprint density at radius 2 is 2.00 bits per heavy atom. The number of nitrogens with one attached hydrogen (secondary N) is 1. The fraction of sp³-hybridized carbons (Fsp3) is 0. The van der Waals surface area contributed by atoms with E-state index in [0.717, 1.165) is 4.47 Å². The highest BCUT2D eigenvalue weighted by molar-refractivity contribution is 9.10. The number of aromatic carboxylic acids is 1. The molecule has 1 aromatic heterocycles. The average molecular weight is 362 g/mol. The van der Waals surface area contributed by atoms with E-state index in [1.54, 1.807) is 18.2 Å². The summed E-state index contributed by atoms with van der Waals surface area (Å²) in [5, 5.41) is 12.5. The predicted molar refractivity (Wildman–Crippen MR) is 78.6 cm³/mol. The van der Waals surface area contributed by atoms with Gasteiger partial charge in [-0.3, -0.25) is 0 Å². The fourth-order valence-corrected chi connectivity index (χ4v) is 2.04. The normalized spacial score (nSPS) is 10.3. The summed E-state index contributed by atoms with van der Waals surface area (Å²) in [6.45, 7) is 0. The molecule has 0 bridgehead atoms. The molecule has 0 fully saturated rings. The van der Waals surface area contributed by atoms with Crippen LogP contribution in [0, 0.1) is 0 Å². The van der Waals surface area contributed by atoms with Gasteiger partial charge >= 0.3 is 5.97 Å². The van der Waals surface area contributed by atoms with Gasteiger partial charge < -0.3 is 10.4 Å². The number of carbonyl (C=O) groups is 1.